The Morgan fingerprint density at radius 2 is 1.32 bits per heavy atom. The van der Waals surface area contributed by atoms with Crippen molar-refractivity contribution >= 4 is 11.8 Å². The highest BCUT2D eigenvalue weighted by Crippen LogP contribution is 2.18. The van der Waals surface area contributed by atoms with Crippen LogP contribution in [-0.4, -0.2) is 48.8 Å². The van der Waals surface area contributed by atoms with Gasteiger partial charge in [-0.2, -0.15) is 0 Å². The molecule has 0 aromatic heterocycles. The fourth-order valence-corrected chi connectivity index (χ4v) is 2.34. The van der Waals surface area contributed by atoms with Gasteiger partial charge >= 0.3 is 0 Å². The van der Waals surface area contributed by atoms with Gasteiger partial charge in [0, 0.05) is 27.2 Å². The predicted octanol–water partition coefficient (Wildman–Crippen LogP) is 1.28. The topological polar surface area (TPSA) is 49.9 Å². The van der Waals surface area contributed by atoms with E-state index >= 15 is 0 Å². The molecule has 0 aromatic carbocycles. The zero-order chi connectivity index (χ0) is 13.8. The molecule has 0 atom stereocenters. The molecule has 2 heterocycles. The van der Waals surface area contributed by atoms with Crippen molar-refractivity contribution in [2.75, 3.05) is 27.2 Å². The zero-order valence-corrected chi connectivity index (χ0v) is 11.5. The van der Waals surface area contributed by atoms with Crippen molar-refractivity contribution in [2.45, 2.75) is 25.7 Å². The van der Waals surface area contributed by atoms with E-state index in [4.69, 9.17) is 4.74 Å². The van der Waals surface area contributed by atoms with Crippen molar-refractivity contribution < 1.29 is 14.3 Å². The smallest absolute Gasteiger partial charge is 0.252 e. The molecular formula is C14H20N2O3. The van der Waals surface area contributed by atoms with E-state index in [1.54, 1.807) is 23.9 Å². The highest BCUT2D eigenvalue weighted by molar-refractivity contribution is 5.94. The number of carbonyl (C=O) groups is 2. The minimum Gasteiger partial charge on any atom is -0.472 e. The van der Waals surface area contributed by atoms with Gasteiger partial charge in [0.2, 0.25) is 0 Å². The molecule has 19 heavy (non-hydrogen) atoms. The van der Waals surface area contributed by atoms with Gasteiger partial charge in [0.05, 0.1) is 23.7 Å². The van der Waals surface area contributed by atoms with Gasteiger partial charge in [-0.05, 0) is 25.7 Å². The van der Waals surface area contributed by atoms with Crippen LogP contribution in [0.1, 0.15) is 25.7 Å². The molecule has 2 fully saturated rings. The molecule has 0 aromatic rings. The summed E-state index contributed by atoms with van der Waals surface area (Å²) in [7, 11) is 3.57. The maximum absolute atomic E-state index is 11.8. The normalized spacial score (nSPS) is 25.4. The second-order valence-corrected chi connectivity index (χ2v) is 5.08. The number of ether oxygens (including phenoxy) is 1. The van der Waals surface area contributed by atoms with Crippen LogP contribution in [0.25, 0.3) is 0 Å². The fraction of sp³-hybridized carbons (Fsp3) is 0.571. The Kier molecular flexibility index (Phi) is 4.24. The summed E-state index contributed by atoms with van der Waals surface area (Å²) < 4.78 is 5.33. The number of amides is 2. The van der Waals surface area contributed by atoms with Gasteiger partial charge in [-0.1, -0.05) is 0 Å². The summed E-state index contributed by atoms with van der Waals surface area (Å²) in [6.07, 6.45) is 6.34. The number of nitrogens with zero attached hydrogens (tertiary/aromatic N) is 2. The highest BCUT2D eigenvalue weighted by Gasteiger charge is 2.21. The van der Waals surface area contributed by atoms with E-state index in [0.29, 0.717) is 11.1 Å². The number of likely N-dealkylation sites (tertiary alicyclic amines) is 2. The third kappa shape index (κ3) is 3.16. The van der Waals surface area contributed by atoms with Crippen LogP contribution in [0.2, 0.25) is 0 Å². The van der Waals surface area contributed by atoms with Crippen LogP contribution in [0.3, 0.4) is 0 Å². The minimum atomic E-state index is 0.0109. The molecule has 0 aliphatic carbocycles. The van der Waals surface area contributed by atoms with E-state index in [9.17, 15) is 9.59 Å². The molecule has 2 aliphatic heterocycles. The summed E-state index contributed by atoms with van der Waals surface area (Å²) in [5, 5.41) is 0. The van der Waals surface area contributed by atoms with Crippen molar-refractivity contribution in [2.24, 2.45) is 0 Å². The third-order valence-electron chi connectivity index (χ3n) is 3.54. The van der Waals surface area contributed by atoms with Gasteiger partial charge in [0.15, 0.2) is 0 Å². The zero-order valence-electron chi connectivity index (χ0n) is 11.5. The molecule has 2 aliphatic rings. The maximum Gasteiger partial charge on any atom is 0.252 e. The lowest BCUT2D eigenvalue weighted by atomic mass is 10.1. The van der Waals surface area contributed by atoms with Gasteiger partial charge in [0.1, 0.15) is 0 Å². The molecule has 5 nitrogen and oxygen atoms in total. The maximum atomic E-state index is 11.8. The van der Waals surface area contributed by atoms with Crippen LogP contribution in [-0.2, 0) is 14.3 Å². The summed E-state index contributed by atoms with van der Waals surface area (Å²) in [5.41, 5.74) is 1.34. The molecule has 2 amide bonds. The lowest BCUT2D eigenvalue weighted by molar-refractivity contribution is -0.127. The van der Waals surface area contributed by atoms with Gasteiger partial charge in [-0.25, -0.2) is 0 Å². The Hall–Kier alpha value is -1.78. The molecule has 5 heteroatoms. The molecule has 0 saturated carbocycles. The SMILES string of the molecule is CN1CCC/C(=C\O/C=C2\CCCN(C)C2=O)C1=O. The lowest BCUT2D eigenvalue weighted by Gasteiger charge is -2.24. The summed E-state index contributed by atoms with van der Waals surface area (Å²) in [5.74, 6) is 0.0217. The first-order valence-electron chi connectivity index (χ1n) is 6.64. The number of hydrogen-bond acceptors (Lipinski definition) is 3. The molecule has 0 radical (unpaired) electrons. The second kappa shape index (κ2) is 5.91. The van der Waals surface area contributed by atoms with Crippen LogP contribution in [0, 0.1) is 0 Å². The highest BCUT2D eigenvalue weighted by atomic mass is 16.5. The predicted molar refractivity (Wildman–Crippen MR) is 71.0 cm³/mol. The minimum absolute atomic E-state index is 0.0109. The summed E-state index contributed by atoms with van der Waals surface area (Å²) in [6, 6.07) is 0. The number of carbonyl (C=O) groups excluding carboxylic acids is 2. The molecule has 0 unspecified atom stereocenters. The standard InChI is InChI=1S/C14H20N2O3/c1-15-7-3-5-11(13(15)17)9-19-10-12-6-4-8-16(2)14(12)18/h9-10H,3-8H2,1-2H3/b11-9+,12-10+. The average Bonchev–Trinajstić information content (AvgIpc) is 2.39. The van der Waals surface area contributed by atoms with E-state index in [1.165, 1.54) is 12.5 Å². The summed E-state index contributed by atoms with van der Waals surface area (Å²) in [4.78, 5) is 27.0. The van der Waals surface area contributed by atoms with E-state index in [-0.39, 0.29) is 11.8 Å². The van der Waals surface area contributed by atoms with Crippen molar-refractivity contribution in [3.05, 3.63) is 23.7 Å². The molecule has 104 valence electrons. The van der Waals surface area contributed by atoms with Crippen molar-refractivity contribution in [1.82, 2.24) is 9.80 Å². The van der Waals surface area contributed by atoms with E-state index < -0.39 is 0 Å². The van der Waals surface area contributed by atoms with Gasteiger partial charge in [-0.15, -0.1) is 0 Å². The van der Waals surface area contributed by atoms with Gasteiger partial charge < -0.3 is 14.5 Å². The Labute approximate surface area is 113 Å². The van der Waals surface area contributed by atoms with E-state index in [0.717, 1.165) is 38.8 Å². The van der Waals surface area contributed by atoms with E-state index in [2.05, 4.69) is 0 Å². The first-order valence-corrected chi connectivity index (χ1v) is 6.64. The molecule has 2 saturated heterocycles. The first-order chi connectivity index (χ1) is 9.09. The van der Waals surface area contributed by atoms with Crippen LogP contribution in [0.4, 0.5) is 0 Å². The largest absolute Gasteiger partial charge is 0.472 e. The fourth-order valence-electron chi connectivity index (χ4n) is 2.34. The molecule has 2 rings (SSSR count). The first kappa shape index (κ1) is 13.6. The molecule has 0 spiro atoms. The number of hydrogen-bond donors (Lipinski definition) is 0. The lowest BCUT2D eigenvalue weighted by Crippen LogP contribution is -2.33. The Morgan fingerprint density at radius 3 is 1.74 bits per heavy atom. The van der Waals surface area contributed by atoms with Crippen LogP contribution in [0.5, 0.6) is 0 Å². The van der Waals surface area contributed by atoms with E-state index in [1.807, 2.05) is 0 Å². The molecule has 0 N–H and O–H groups in total. The molecule has 0 bridgehead atoms. The summed E-state index contributed by atoms with van der Waals surface area (Å²) in [6.45, 7) is 1.58. The third-order valence-corrected chi connectivity index (χ3v) is 3.54. The summed E-state index contributed by atoms with van der Waals surface area (Å²) >= 11 is 0. The monoisotopic (exact) mass is 264 g/mol. The van der Waals surface area contributed by atoms with Gasteiger partial charge in [-0.3, -0.25) is 9.59 Å². The van der Waals surface area contributed by atoms with Crippen molar-refractivity contribution in [3.63, 3.8) is 0 Å². The van der Waals surface area contributed by atoms with Crippen molar-refractivity contribution in [3.8, 4) is 0 Å². The molecular weight excluding hydrogens is 244 g/mol. The number of piperidine rings is 2. The number of rotatable bonds is 2. The Bertz CT molecular complexity index is 400. The van der Waals surface area contributed by atoms with Gasteiger partial charge in [0.25, 0.3) is 11.8 Å². The second-order valence-electron chi connectivity index (χ2n) is 5.08. The quantitative estimate of drug-likeness (QED) is 0.557. The number of likely N-dealkylation sites (N-methyl/N-ethyl adjacent to an activating group) is 2. The Morgan fingerprint density at radius 1 is 0.895 bits per heavy atom. The van der Waals surface area contributed by atoms with Crippen LogP contribution in [0.15, 0.2) is 23.7 Å². The Balaban J connectivity index is 1.98. The van der Waals surface area contributed by atoms with Crippen LogP contribution >= 0.6 is 0 Å². The van der Waals surface area contributed by atoms with Crippen molar-refractivity contribution in [1.29, 1.82) is 0 Å². The average molecular weight is 264 g/mol. The van der Waals surface area contributed by atoms with Crippen LogP contribution < -0.4 is 0 Å².